The summed E-state index contributed by atoms with van der Waals surface area (Å²) < 4.78 is 2.09. The van der Waals surface area contributed by atoms with Crippen LogP contribution in [0.2, 0.25) is 0 Å². The van der Waals surface area contributed by atoms with Crippen molar-refractivity contribution in [2.24, 2.45) is 0 Å². The van der Waals surface area contributed by atoms with Gasteiger partial charge in [-0.3, -0.25) is 9.69 Å². The van der Waals surface area contributed by atoms with Gasteiger partial charge in [-0.05, 0) is 68.4 Å². The highest BCUT2D eigenvalue weighted by Crippen LogP contribution is 2.31. The summed E-state index contributed by atoms with van der Waals surface area (Å²) in [5.74, 6) is 0.00776. The Morgan fingerprint density at radius 1 is 1.04 bits per heavy atom. The van der Waals surface area contributed by atoms with E-state index >= 15 is 0 Å². The lowest BCUT2D eigenvalue weighted by Crippen LogP contribution is -2.38. The van der Waals surface area contributed by atoms with Crippen molar-refractivity contribution in [1.82, 2.24) is 9.88 Å². The van der Waals surface area contributed by atoms with Crippen molar-refractivity contribution < 1.29 is 4.79 Å². The summed E-state index contributed by atoms with van der Waals surface area (Å²) in [4.78, 5) is 22.3. The van der Waals surface area contributed by atoms with Crippen LogP contribution < -0.4 is 4.90 Å². The molecule has 0 fully saturated rings. The molecule has 0 atom stereocenters. The molecule has 0 unspecified atom stereocenters. The van der Waals surface area contributed by atoms with Gasteiger partial charge in [-0.1, -0.05) is 47.2 Å². The van der Waals surface area contributed by atoms with Gasteiger partial charge in [-0.2, -0.15) is 0 Å². The molecule has 0 saturated carbocycles. The Labute approximate surface area is 179 Å². The summed E-state index contributed by atoms with van der Waals surface area (Å²) in [6.45, 7) is 11.8. The zero-order chi connectivity index (χ0) is 20.3. The van der Waals surface area contributed by atoms with Gasteiger partial charge in [0.25, 0.3) is 5.91 Å². The normalized spacial score (nSPS) is 11.4. The van der Waals surface area contributed by atoms with Crippen molar-refractivity contribution >= 4 is 48.5 Å². The molecule has 0 bridgehead atoms. The van der Waals surface area contributed by atoms with Crippen molar-refractivity contribution in [3.8, 4) is 0 Å². The summed E-state index contributed by atoms with van der Waals surface area (Å²) in [6, 6.07) is 11.9. The molecule has 28 heavy (non-hydrogen) atoms. The lowest BCUT2D eigenvalue weighted by molar-refractivity contribution is 0.0983. The summed E-state index contributed by atoms with van der Waals surface area (Å²) in [5, 5.41) is 0.753. The lowest BCUT2D eigenvalue weighted by atomic mass is 10.1. The third-order valence-corrected chi connectivity index (χ3v) is 6.64. The largest absolute Gasteiger partial charge is 0.302 e. The molecule has 0 spiro atoms. The minimum Gasteiger partial charge on any atom is -0.302 e. The van der Waals surface area contributed by atoms with Gasteiger partial charge >= 0.3 is 0 Å². The topological polar surface area (TPSA) is 36.4 Å². The van der Waals surface area contributed by atoms with Crippen LogP contribution in [0.1, 0.15) is 35.3 Å². The van der Waals surface area contributed by atoms with E-state index in [-0.39, 0.29) is 5.91 Å². The second-order valence-electron chi connectivity index (χ2n) is 6.89. The number of likely N-dealkylation sites (N-methyl/N-ethyl adjacent to an activating group) is 1. The highest BCUT2D eigenvalue weighted by atomic mass is 79.9. The number of fused-ring (bicyclic) bond motifs is 1. The zero-order valence-corrected chi connectivity index (χ0v) is 19.2. The first-order valence-electron chi connectivity index (χ1n) is 9.60. The van der Waals surface area contributed by atoms with Crippen molar-refractivity contribution in [2.75, 3.05) is 31.1 Å². The number of thiazole rings is 1. The Kier molecular flexibility index (Phi) is 6.86. The van der Waals surface area contributed by atoms with Crippen LogP contribution in [0.3, 0.4) is 0 Å². The first-order chi connectivity index (χ1) is 13.4. The van der Waals surface area contributed by atoms with Gasteiger partial charge in [0, 0.05) is 23.1 Å². The molecule has 1 aromatic heterocycles. The van der Waals surface area contributed by atoms with Gasteiger partial charge < -0.3 is 4.90 Å². The number of hydrogen-bond donors (Lipinski definition) is 0. The molecule has 4 nitrogen and oxygen atoms in total. The fourth-order valence-electron chi connectivity index (χ4n) is 3.10. The first kappa shape index (κ1) is 21.0. The molecule has 3 rings (SSSR count). The number of nitrogens with zero attached hydrogens (tertiary/aromatic N) is 3. The molecule has 0 aliphatic carbocycles. The highest BCUT2D eigenvalue weighted by Gasteiger charge is 2.22. The molecule has 1 amide bonds. The number of rotatable bonds is 7. The maximum atomic E-state index is 13.4. The fraction of sp³-hybridized carbons (Fsp3) is 0.364. The number of hydrogen-bond acceptors (Lipinski definition) is 4. The van der Waals surface area contributed by atoms with Crippen LogP contribution in [0.15, 0.2) is 40.9 Å². The fourth-order valence-corrected chi connectivity index (χ4v) is 4.64. The maximum Gasteiger partial charge on any atom is 0.260 e. The van der Waals surface area contributed by atoms with Crippen molar-refractivity contribution in [1.29, 1.82) is 0 Å². The van der Waals surface area contributed by atoms with E-state index in [9.17, 15) is 4.79 Å². The summed E-state index contributed by atoms with van der Waals surface area (Å²) in [5.41, 5.74) is 3.95. The van der Waals surface area contributed by atoms with E-state index in [0.717, 1.165) is 45.0 Å². The number of carbonyl (C=O) groups excluding carboxylic acids is 1. The summed E-state index contributed by atoms with van der Waals surface area (Å²) in [6.07, 6.45) is 0. The van der Waals surface area contributed by atoms with E-state index in [2.05, 4.69) is 47.7 Å². The van der Waals surface area contributed by atoms with Gasteiger partial charge in [0.05, 0.1) is 10.2 Å². The number of anilines is 1. The minimum absolute atomic E-state index is 0.00776. The Morgan fingerprint density at radius 3 is 2.46 bits per heavy atom. The lowest BCUT2D eigenvalue weighted by Gasteiger charge is -2.25. The average molecular weight is 460 g/mol. The monoisotopic (exact) mass is 459 g/mol. The quantitative estimate of drug-likeness (QED) is 0.456. The predicted molar refractivity (Wildman–Crippen MR) is 123 cm³/mol. The van der Waals surface area contributed by atoms with Crippen molar-refractivity contribution in [2.45, 2.75) is 27.7 Å². The highest BCUT2D eigenvalue weighted by molar-refractivity contribution is 9.10. The van der Waals surface area contributed by atoms with E-state index in [1.807, 2.05) is 42.2 Å². The Balaban J connectivity index is 1.97. The van der Waals surface area contributed by atoms with Crippen LogP contribution in [0.5, 0.6) is 0 Å². The maximum absolute atomic E-state index is 13.4. The zero-order valence-electron chi connectivity index (χ0n) is 16.8. The van der Waals surface area contributed by atoms with Gasteiger partial charge in [0.2, 0.25) is 0 Å². The van der Waals surface area contributed by atoms with E-state index in [0.29, 0.717) is 12.1 Å². The molecule has 0 aliphatic rings. The number of benzene rings is 2. The van der Waals surface area contributed by atoms with Crippen LogP contribution in [0.4, 0.5) is 5.13 Å². The van der Waals surface area contributed by atoms with Crippen molar-refractivity contribution in [3.05, 3.63) is 57.6 Å². The van der Waals surface area contributed by atoms with Crippen LogP contribution in [-0.4, -0.2) is 42.0 Å². The summed E-state index contributed by atoms with van der Waals surface area (Å²) in [7, 11) is 0. The van der Waals surface area contributed by atoms with Gasteiger partial charge in [-0.15, -0.1) is 0 Å². The van der Waals surface area contributed by atoms with E-state index in [4.69, 9.17) is 4.98 Å². The molecule has 3 aromatic rings. The van der Waals surface area contributed by atoms with Crippen LogP contribution in [0, 0.1) is 13.8 Å². The molecular formula is C22H26BrN3OS. The second kappa shape index (κ2) is 9.16. The smallest absolute Gasteiger partial charge is 0.260 e. The van der Waals surface area contributed by atoms with Crippen LogP contribution >= 0.6 is 27.3 Å². The SMILES string of the molecule is CCN(CC)CCN(C(=O)c1ccc(C)c(C)c1)c1nc2ccc(Br)cc2s1. The molecule has 6 heteroatoms. The number of aromatic nitrogens is 1. The Morgan fingerprint density at radius 2 is 1.79 bits per heavy atom. The Bertz CT molecular complexity index is 981. The number of aryl methyl sites for hydroxylation is 2. The molecule has 0 saturated heterocycles. The standard InChI is InChI=1S/C22H26BrN3OS/c1-5-25(6-2)11-12-26(21(27)17-8-7-15(3)16(4)13-17)22-24-19-10-9-18(23)14-20(19)28-22/h7-10,13-14H,5-6,11-12H2,1-4H3. The van der Waals surface area contributed by atoms with Gasteiger partial charge in [0.1, 0.15) is 0 Å². The molecular weight excluding hydrogens is 434 g/mol. The van der Waals surface area contributed by atoms with E-state index in [1.54, 1.807) is 11.3 Å². The van der Waals surface area contributed by atoms with Crippen LogP contribution in [-0.2, 0) is 0 Å². The number of amides is 1. The predicted octanol–water partition coefficient (Wildman–Crippen LogP) is 5.66. The molecule has 148 valence electrons. The van der Waals surface area contributed by atoms with E-state index in [1.165, 1.54) is 5.56 Å². The summed E-state index contributed by atoms with van der Waals surface area (Å²) >= 11 is 5.08. The molecule has 0 aliphatic heterocycles. The number of halogens is 1. The molecule has 0 radical (unpaired) electrons. The number of carbonyl (C=O) groups is 1. The Hall–Kier alpha value is -1.76. The molecule has 0 N–H and O–H groups in total. The molecule has 2 aromatic carbocycles. The van der Waals surface area contributed by atoms with E-state index < -0.39 is 0 Å². The second-order valence-corrected chi connectivity index (χ2v) is 8.82. The first-order valence-corrected chi connectivity index (χ1v) is 11.2. The molecule has 1 heterocycles. The third kappa shape index (κ3) is 4.62. The average Bonchev–Trinajstić information content (AvgIpc) is 3.09. The minimum atomic E-state index is 0.00776. The van der Waals surface area contributed by atoms with Crippen LogP contribution in [0.25, 0.3) is 10.2 Å². The third-order valence-electron chi connectivity index (χ3n) is 5.10. The van der Waals surface area contributed by atoms with Gasteiger partial charge in [-0.25, -0.2) is 4.98 Å². The van der Waals surface area contributed by atoms with Gasteiger partial charge in [0.15, 0.2) is 5.13 Å². The van der Waals surface area contributed by atoms with Crippen molar-refractivity contribution in [3.63, 3.8) is 0 Å².